The maximum Gasteiger partial charge on any atom is 0.0625 e. The van der Waals surface area contributed by atoms with Crippen molar-refractivity contribution < 1.29 is 0 Å². The number of rotatable bonds is 4. The lowest BCUT2D eigenvalue weighted by Gasteiger charge is -2.11. The number of fused-ring (bicyclic) bond motifs is 1. The van der Waals surface area contributed by atoms with Crippen LogP contribution in [0.1, 0.15) is 18.3 Å². The summed E-state index contributed by atoms with van der Waals surface area (Å²) in [6, 6.07) is 14.8. The van der Waals surface area contributed by atoms with Crippen LogP contribution < -0.4 is 5.32 Å². The van der Waals surface area contributed by atoms with E-state index in [0.717, 1.165) is 28.8 Å². The zero-order chi connectivity index (χ0) is 14.8. The first-order valence-corrected chi connectivity index (χ1v) is 7.91. The van der Waals surface area contributed by atoms with Gasteiger partial charge in [0.15, 0.2) is 0 Å². The number of nitrogens with zero attached hydrogens (tertiary/aromatic N) is 2. The Morgan fingerprint density at radius 2 is 1.90 bits per heavy atom. The van der Waals surface area contributed by atoms with E-state index in [2.05, 4.69) is 75.7 Å². The standard InChI is InChI=1S/C17H18BrN3/c1-3-12-10-13(21(2)20-12)11-19-17-9-8-16(18)14-6-4-5-7-15(14)17/h4-10,19H,3,11H2,1-2H3. The molecule has 3 rings (SSSR count). The van der Waals surface area contributed by atoms with Gasteiger partial charge in [0.1, 0.15) is 0 Å². The Morgan fingerprint density at radius 1 is 1.14 bits per heavy atom. The molecule has 1 N–H and O–H groups in total. The second kappa shape index (κ2) is 5.90. The van der Waals surface area contributed by atoms with E-state index in [-0.39, 0.29) is 0 Å². The predicted molar refractivity (Wildman–Crippen MR) is 91.6 cm³/mol. The molecule has 0 atom stereocenters. The van der Waals surface area contributed by atoms with Crippen molar-refractivity contribution in [3.63, 3.8) is 0 Å². The molecule has 4 heteroatoms. The van der Waals surface area contributed by atoms with Crippen molar-refractivity contribution in [3.05, 3.63) is 58.3 Å². The van der Waals surface area contributed by atoms with Gasteiger partial charge < -0.3 is 5.32 Å². The van der Waals surface area contributed by atoms with E-state index in [1.807, 2.05) is 11.7 Å². The average Bonchev–Trinajstić information content (AvgIpc) is 2.87. The van der Waals surface area contributed by atoms with Gasteiger partial charge in [-0.3, -0.25) is 4.68 Å². The van der Waals surface area contributed by atoms with Gasteiger partial charge in [0.05, 0.1) is 17.9 Å². The maximum absolute atomic E-state index is 4.49. The Morgan fingerprint density at radius 3 is 2.62 bits per heavy atom. The van der Waals surface area contributed by atoms with Crippen LogP contribution in [0.5, 0.6) is 0 Å². The first-order chi connectivity index (χ1) is 10.2. The van der Waals surface area contributed by atoms with Gasteiger partial charge in [-0.1, -0.05) is 47.1 Å². The predicted octanol–water partition coefficient (Wildman–Crippen LogP) is 4.51. The summed E-state index contributed by atoms with van der Waals surface area (Å²) in [5.74, 6) is 0. The Balaban J connectivity index is 1.88. The molecular weight excluding hydrogens is 326 g/mol. The smallest absolute Gasteiger partial charge is 0.0625 e. The second-order valence-electron chi connectivity index (χ2n) is 5.10. The summed E-state index contributed by atoms with van der Waals surface area (Å²) < 4.78 is 3.07. The van der Waals surface area contributed by atoms with Gasteiger partial charge in [0, 0.05) is 22.6 Å². The molecule has 0 unspecified atom stereocenters. The molecular formula is C17H18BrN3. The maximum atomic E-state index is 4.49. The van der Waals surface area contributed by atoms with Crippen LogP contribution in [0.15, 0.2) is 46.9 Å². The quantitative estimate of drug-likeness (QED) is 0.755. The lowest BCUT2D eigenvalue weighted by molar-refractivity contribution is 0.707. The molecule has 0 spiro atoms. The molecule has 1 heterocycles. The number of nitrogens with one attached hydrogen (secondary N) is 1. The van der Waals surface area contributed by atoms with Gasteiger partial charge in [-0.15, -0.1) is 0 Å². The molecule has 0 radical (unpaired) electrons. The van der Waals surface area contributed by atoms with Crippen LogP contribution in [0.25, 0.3) is 10.8 Å². The topological polar surface area (TPSA) is 29.9 Å². The molecule has 3 aromatic rings. The number of hydrogen-bond donors (Lipinski definition) is 1. The third-order valence-electron chi connectivity index (χ3n) is 3.72. The monoisotopic (exact) mass is 343 g/mol. The van der Waals surface area contributed by atoms with Crippen LogP contribution in [0.2, 0.25) is 0 Å². The molecule has 3 nitrogen and oxygen atoms in total. The average molecular weight is 344 g/mol. The second-order valence-corrected chi connectivity index (χ2v) is 5.95. The number of hydrogen-bond acceptors (Lipinski definition) is 2. The SMILES string of the molecule is CCc1cc(CNc2ccc(Br)c3ccccc23)n(C)n1. The van der Waals surface area contributed by atoms with Crippen molar-refractivity contribution in [2.75, 3.05) is 5.32 Å². The Labute approximate surface area is 133 Å². The van der Waals surface area contributed by atoms with E-state index >= 15 is 0 Å². The molecule has 21 heavy (non-hydrogen) atoms. The fraction of sp³-hybridized carbons (Fsp3) is 0.235. The molecule has 0 saturated heterocycles. The lowest BCUT2D eigenvalue weighted by Crippen LogP contribution is -2.05. The summed E-state index contributed by atoms with van der Waals surface area (Å²) in [6.07, 6.45) is 0.967. The Kier molecular flexibility index (Phi) is 3.97. The Hall–Kier alpha value is -1.81. The van der Waals surface area contributed by atoms with E-state index in [1.165, 1.54) is 16.5 Å². The van der Waals surface area contributed by atoms with Crippen molar-refractivity contribution >= 4 is 32.4 Å². The van der Waals surface area contributed by atoms with Crippen LogP contribution >= 0.6 is 15.9 Å². The number of anilines is 1. The van der Waals surface area contributed by atoms with Crippen LogP contribution in [0, 0.1) is 0 Å². The summed E-state index contributed by atoms with van der Waals surface area (Å²) in [6.45, 7) is 2.90. The third kappa shape index (κ3) is 2.81. The minimum atomic E-state index is 0.773. The highest BCUT2D eigenvalue weighted by molar-refractivity contribution is 9.10. The summed E-state index contributed by atoms with van der Waals surface area (Å²) in [5, 5.41) is 10.5. The fourth-order valence-corrected chi connectivity index (χ4v) is 2.99. The van der Waals surface area contributed by atoms with Crippen LogP contribution in [-0.4, -0.2) is 9.78 Å². The molecule has 108 valence electrons. The molecule has 0 aliphatic heterocycles. The van der Waals surface area contributed by atoms with Gasteiger partial charge in [-0.05, 0) is 30.0 Å². The molecule has 0 amide bonds. The van der Waals surface area contributed by atoms with E-state index in [9.17, 15) is 0 Å². The van der Waals surface area contributed by atoms with Crippen molar-refractivity contribution in [1.29, 1.82) is 0 Å². The fourth-order valence-electron chi connectivity index (χ4n) is 2.51. The zero-order valence-electron chi connectivity index (χ0n) is 12.2. The number of aromatic nitrogens is 2. The summed E-state index contributed by atoms with van der Waals surface area (Å²) in [4.78, 5) is 0. The van der Waals surface area contributed by atoms with Gasteiger partial charge in [-0.25, -0.2) is 0 Å². The highest BCUT2D eigenvalue weighted by atomic mass is 79.9. The first kappa shape index (κ1) is 14.1. The number of benzene rings is 2. The van der Waals surface area contributed by atoms with Gasteiger partial charge in [0.2, 0.25) is 0 Å². The van der Waals surface area contributed by atoms with Crippen molar-refractivity contribution in [2.45, 2.75) is 19.9 Å². The lowest BCUT2D eigenvalue weighted by atomic mass is 10.1. The molecule has 0 bridgehead atoms. The normalized spacial score (nSPS) is 11.0. The Bertz CT molecular complexity index is 777. The molecule has 0 aliphatic rings. The highest BCUT2D eigenvalue weighted by Crippen LogP contribution is 2.30. The minimum Gasteiger partial charge on any atom is -0.379 e. The highest BCUT2D eigenvalue weighted by Gasteiger charge is 2.06. The van der Waals surface area contributed by atoms with Crippen LogP contribution in [0.4, 0.5) is 5.69 Å². The molecule has 0 aliphatic carbocycles. The molecule has 2 aromatic carbocycles. The molecule has 0 fully saturated rings. The van der Waals surface area contributed by atoms with E-state index in [4.69, 9.17) is 0 Å². The van der Waals surface area contributed by atoms with Crippen molar-refractivity contribution in [2.24, 2.45) is 7.05 Å². The number of halogens is 1. The van der Waals surface area contributed by atoms with Crippen molar-refractivity contribution in [1.82, 2.24) is 9.78 Å². The van der Waals surface area contributed by atoms with E-state index in [1.54, 1.807) is 0 Å². The first-order valence-electron chi connectivity index (χ1n) is 7.12. The van der Waals surface area contributed by atoms with E-state index in [0.29, 0.717) is 0 Å². The summed E-state index contributed by atoms with van der Waals surface area (Å²) in [5.41, 5.74) is 3.47. The van der Waals surface area contributed by atoms with Crippen molar-refractivity contribution in [3.8, 4) is 0 Å². The van der Waals surface area contributed by atoms with Crippen LogP contribution in [-0.2, 0) is 20.0 Å². The van der Waals surface area contributed by atoms with Crippen LogP contribution in [0.3, 0.4) is 0 Å². The molecule has 0 saturated carbocycles. The number of aryl methyl sites for hydroxylation is 2. The summed E-state index contributed by atoms with van der Waals surface area (Å²) in [7, 11) is 2.00. The van der Waals surface area contributed by atoms with Gasteiger partial charge in [-0.2, -0.15) is 5.10 Å². The third-order valence-corrected chi connectivity index (χ3v) is 4.41. The summed E-state index contributed by atoms with van der Waals surface area (Å²) >= 11 is 3.61. The molecule has 1 aromatic heterocycles. The minimum absolute atomic E-state index is 0.773. The van der Waals surface area contributed by atoms with E-state index < -0.39 is 0 Å². The largest absolute Gasteiger partial charge is 0.379 e. The van der Waals surface area contributed by atoms with Gasteiger partial charge in [0.25, 0.3) is 0 Å². The van der Waals surface area contributed by atoms with Gasteiger partial charge >= 0.3 is 0 Å². The zero-order valence-corrected chi connectivity index (χ0v) is 13.8.